The molecule has 0 radical (unpaired) electrons. The highest BCUT2D eigenvalue weighted by atomic mass is 19.4. The number of carbonyl (C=O) groups excluding carboxylic acids is 2. The molecule has 1 atom stereocenters. The van der Waals surface area contributed by atoms with Crippen LogP contribution in [0.25, 0.3) is 0 Å². The highest BCUT2D eigenvalue weighted by Crippen LogP contribution is 2.37. The third kappa shape index (κ3) is 6.56. The van der Waals surface area contributed by atoms with Crippen LogP contribution in [-0.4, -0.2) is 53.3 Å². The van der Waals surface area contributed by atoms with E-state index < -0.39 is 42.1 Å². The summed E-state index contributed by atoms with van der Waals surface area (Å²) in [5.74, 6) is -0.0705. The van der Waals surface area contributed by atoms with Gasteiger partial charge in [0.1, 0.15) is 0 Å². The summed E-state index contributed by atoms with van der Waals surface area (Å²) < 4.78 is 79.6. The Bertz CT molecular complexity index is 1130. The van der Waals surface area contributed by atoms with Gasteiger partial charge in [-0.3, -0.25) is 4.79 Å². The van der Waals surface area contributed by atoms with Gasteiger partial charge in [-0.2, -0.15) is 26.3 Å². The molecule has 1 aliphatic heterocycles. The van der Waals surface area contributed by atoms with Crippen LogP contribution in [0.2, 0.25) is 0 Å². The molecule has 1 heterocycles. The minimum absolute atomic E-state index is 0.0610. The zero-order chi connectivity index (χ0) is 27.7. The van der Waals surface area contributed by atoms with Gasteiger partial charge in [0.15, 0.2) is 0 Å². The molecule has 1 fully saturated rings. The second-order valence-electron chi connectivity index (χ2n) is 9.32. The molecule has 1 saturated heterocycles. The van der Waals surface area contributed by atoms with Gasteiger partial charge in [0.25, 0.3) is 0 Å². The van der Waals surface area contributed by atoms with Crippen LogP contribution >= 0.6 is 0 Å². The topological polar surface area (TPSA) is 43.9 Å². The maximum absolute atomic E-state index is 13.5. The van der Waals surface area contributed by atoms with E-state index in [4.69, 9.17) is 0 Å². The molecule has 0 unspecified atom stereocenters. The summed E-state index contributed by atoms with van der Waals surface area (Å²) in [7, 11) is 1.33. The van der Waals surface area contributed by atoms with Crippen LogP contribution in [0.3, 0.4) is 0 Å². The van der Waals surface area contributed by atoms with Crippen molar-refractivity contribution in [3.8, 4) is 0 Å². The van der Waals surface area contributed by atoms with Crippen molar-refractivity contribution in [1.82, 2.24) is 14.7 Å². The van der Waals surface area contributed by atoms with Crippen molar-refractivity contribution in [1.29, 1.82) is 0 Å². The Morgan fingerprint density at radius 1 is 0.946 bits per heavy atom. The minimum atomic E-state index is -4.98. The lowest BCUT2D eigenvalue weighted by Gasteiger charge is -2.43. The van der Waals surface area contributed by atoms with Crippen LogP contribution in [0, 0.1) is 13.8 Å². The summed E-state index contributed by atoms with van der Waals surface area (Å²) in [6.07, 6.45) is -9.66. The molecule has 202 valence electrons. The summed E-state index contributed by atoms with van der Waals surface area (Å²) in [6, 6.07) is 5.94. The van der Waals surface area contributed by atoms with Gasteiger partial charge in [-0.25, -0.2) is 4.79 Å². The molecular weight excluding hydrogens is 500 g/mol. The van der Waals surface area contributed by atoms with Gasteiger partial charge < -0.3 is 14.7 Å². The largest absolute Gasteiger partial charge is 0.416 e. The van der Waals surface area contributed by atoms with Gasteiger partial charge in [-0.1, -0.05) is 30.7 Å². The number of nitrogens with zero attached hydrogens (tertiary/aromatic N) is 3. The third-order valence-corrected chi connectivity index (χ3v) is 6.46. The first kappa shape index (κ1) is 28.3. The Morgan fingerprint density at radius 3 is 2.05 bits per heavy atom. The lowest BCUT2D eigenvalue weighted by molar-refractivity contribution is -0.143. The van der Waals surface area contributed by atoms with Gasteiger partial charge in [-0.15, -0.1) is 0 Å². The van der Waals surface area contributed by atoms with Gasteiger partial charge in [0.2, 0.25) is 5.91 Å². The quantitative estimate of drug-likeness (QED) is 0.444. The number of aryl methyl sites for hydroxylation is 2. The normalized spacial score (nSPS) is 16.6. The second-order valence-corrected chi connectivity index (χ2v) is 9.32. The Labute approximate surface area is 211 Å². The number of hydrogen-bond donors (Lipinski definition) is 0. The number of piperazine rings is 1. The van der Waals surface area contributed by atoms with Crippen LogP contribution in [0.1, 0.15) is 52.8 Å². The van der Waals surface area contributed by atoms with E-state index in [1.54, 1.807) is 11.8 Å². The average molecular weight is 530 g/mol. The predicted molar refractivity (Wildman–Crippen MR) is 126 cm³/mol. The summed E-state index contributed by atoms with van der Waals surface area (Å²) in [6.45, 7) is 5.77. The SMILES string of the molecule is CCC(=O)N1CCN(C(=O)N(C)Cc2cc(C(F)(F)F)cc(C(F)(F)F)c2)[C@@H](c2ccc(C)cc2C)C1. The van der Waals surface area contributed by atoms with Crippen LogP contribution < -0.4 is 0 Å². The highest BCUT2D eigenvalue weighted by molar-refractivity contribution is 5.78. The molecular formula is C26H29F6N3O2. The van der Waals surface area contributed by atoms with Crippen molar-refractivity contribution in [2.24, 2.45) is 0 Å². The van der Waals surface area contributed by atoms with Crippen molar-refractivity contribution in [3.05, 3.63) is 69.8 Å². The number of halogens is 6. The molecule has 3 rings (SSSR count). The summed E-state index contributed by atoms with van der Waals surface area (Å²) in [5.41, 5.74) is -0.418. The van der Waals surface area contributed by atoms with Gasteiger partial charge >= 0.3 is 18.4 Å². The molecule has 11 heteroatoms. The second kappa shape index (κ2) is 10.6. The molecule has 0 aliphatic carbocycles. The van der Waals surface area contributed by atoms with Crippen LogP contribution in [0.15, 0.2) is 36.4 Å². The summed E-state index contributed by atoms with van der Waals surface area (Å²) in [5, 5.41) is 0. The van der Waals surface area contributed by atoms with Crippen LogP contribution in [-0.2, 0) is 23.7 Å². The first-order valence-corrected chi connectivity index (χ1v) is 11.8. The maximum Gasteiger partial charge on any atom is 0.416 e. The van der Waals surface area contributed by atoms with Crippen molar-refractivity contribution >= 4 is 11.9 Å². The Morgan fingerprint density at radius 2 is 1.54 bits per heavy atom. The molecule has 2 aromatic rings. The summed E-state index contributed by atoms with van der Waals surface area (Å²) >= 11 is 0. The van der Waals surface area contributed by atoms with E-state index in [1.807, 2.05) is 32.0 Å². The lowest BCUT2D eigenvalue weighted by atomic mass is 9.96. The van der Waals surface area contributed by atoms with Crippen LogP contribution in [0.5, 0.6) is 0 Å². The lowest BCUT2D eigenvalue weighted by Crippen LogP contribution is -2.54. The Hall–Kier alpha value is -3.24. The van der Waals surface area contributed by atoms with E-state index in [1.165, 1.54) is 11.9 Å². The Kier molecular flexibility index (Phi) is 8.14. The van der Waals surface area contributed by atoms with Crippen molar-refractivity contribution < 1.29 is 35.9 Å². The number of hydrogen-bond acceptors (Lipinski definition) is 2. The van der Waals surface area contributed by atoms with Crippen molar-refractivity contribution in [2.75, 3.05) is 26.7 Å². The van der Waals surface area contributed by atoms with E-state index in [-0.39, 0.29) is 37.2 Å². The molecule has 5 nitrogen and oxygen atoms in total. The van der Waals surface area contributed by atoms with Crippen molar-refractivity contribution in [3.63, 3.8) is 0 Å². The molecule has 37 heavy (non-hydrogen) atoms. The average Bonchev–Trinajstić information content (AvgIpc) is 2.81. The highest BCUT2D eigenvalue weighted by Gasteiger charge is 2.38. The molecule has 3 amide bonds. The van der Waals surface area contributed by atoms with E-state index >= 15 is 0 Å². The number of carbonyl (C=O) groups is 2. The van der Waals surface area contributed by atoms with Gasteiger partial charge in [0.05, 0.1) is 17.2 Å². The number of benzene rings is 2. The minimum Gasteiger partial charge on any atom is -0.339 e. The smallest absolute Gasteiger partial charge is 0.339 e. The maximum atomic E-state index is 13.5. The molecule has 1 aliphatic rings. The predicted octanol–water partition coefficient (Wildman–Crippen LogP) is 6.19. The molecule has 0 aromatic heterocycles. The number of urea groups is 1. The number of alkyl halides is 6. The van der Waals surface area contributed by atoms with E-state index in [2.05, 4.69) is 0 Å². The molecule has 0 spiro atoms. The van der Waals surface area contributed by atoms with Crippen LogP contribution in [0.4, 0.5) is 31.1 Å². The molecule has 0 bridgehead atoms. The van der Waals surface area contributed by atoms with E-state index in [9.17, 15) is 35.9 Å². The fraction of sp³-hybridized carbons (Fsp3) is 0.462. The van der Waals surface area contributed by atoms with Crippen molar-refractivity contribution in [2.45, 2.75) is 52.1 Å². The zero-order valence-corrected chi connectivity index (χ0v) is 21.0. The molecule has 0 N–H and O–H groups in total. The first-order valence-electron chi connectivity index (χ1n) is 11.8. The summed E-state index contributed by atoms with van der Waals surface area (Å²) in [4.78, 5) is 30.2. The third-order valence-electron chi connectivity index (χ3n) is 6.46. The first-order chi connectivity index (χ1) is 17.1. The fourth-order valence-corrected chi connectivity index (χ4v) is 4.60. The van der Waals surface area contributed by atoms with E-state index in [0.717, 1.165) is 21.6 Å². The van der Waals surface area contributed by atoms with Gasteiger partial charge in [-0.05, 0) is 48.7 Å². The monoisotopic (exact) mass is 529 g/mol. The standard InChI is InChI=1S/C26H29F6N3O2/c1-5-23(36)34-8-9-35(22(15-34)21-7-6-16(2)10-17(21)3)24(37)33(4)14-18-11-19(25(27,28)29)13-20(12-18)26(30,31)32/h6-7,10-13,22H,5,8-9,14-15H2,1-4H3/t22-/m1/s1. The number of rotatable bonds is 4. The number of amides is 3. The van der Waals surface area contributed by atoms with Gasteiger partial charge in [0, 0.05) is 39.6 Å². The molecule has 0 saturated carbocycles. The fourth-order valence-electron chi connectivity index (χ4n) is 4.60. The zero-order valence-electron chi connectivity index (χ0n) is 21.0. The molecule has 2 aromatic carbocycles. The Balaban J connectivity index is 1.92. The van der Waals surface area contributed by atoms with E-state index in [0.29, 0.717) is 18.6 Å².